The molecule has 2 heterocycles. The van der Waals surface area contributed by atoms with Gasteiger partial charge in [-0.3, -0.25) is 4.79 Å². The number of rotatable bonds is 1. The number of halogens is 1. The van der Waals surface area contributed by atoms with Gasteiger partial charge in [0.05, 0.1) is 5.56 Å². The topological polar surface area (TPSA) is 36.1 Å². The van der Waals surface area contributed by atoms with E-state index in [0.717, 1.165) is 41.7 Å². The Morgan fingerprint density at radius 1 is 1.40 bits per heavy atom. The average molecular weight is 291 g/mol. The quantitative estimate of drug-likeness (QED) is 0.846. The molecule has 1 aromatic carbocycles. The summed E-state index contributed by atoms with van der Waals surface area (Å²) in [6.45, 7) is 8.01. The Bertz CT molecular complexity index is 687. The van der Waals surface area contributed by atoms with E-state index in [1.54, 1.807) is 0 Å². The number of carbonyl (C=O) groups is 1. The summed E-state index contributed by atoms with van der Waals surface area (Å²) in [5, 5.41) is 1.58. The predicted molar refractivity (Wildman–Crippen MR) is 82.3 cm³/mol. The highest BCUT2D eigenvalue weighted by molar-refractivity contribution is 6.31. The van der Waals surface area contributed by atoms with E-state index in [9.17, 15) is 4.79 Å². The molecule has 0 saturated carbocycles. The van der Waals surface area contributed by atoms with Crippen LogP contribution in [-0.4, -0.2) is 28.9 Å². The van der Waals surface area contributed by atoms with E-state index in [2.05, 4.69) is 18.8 Å². The molecular weight excluding hydrogens is 272 g/mol. The first kappa shape index (κ1) is 13.5. The predicted octanol–water partition coefficient (Wildman–Crippen LogP) is 4.00. The van der Waals surface area contributed by atoms with Crippen LogP contribution < -0.4 is 0 Å². The number of nitrogens with zero attached hydrogens (tertiary/aromatic N) is 1. The zero-order valence-electron chi connectivity index (χ0n) is 12.1. The molecule has 0 aliphatic carbocycles. The van der Waals surface area contributed by atoms with Gasteiger partial charge in [-0.15, -0.1) is 0 Å². The molecule has 0 atom stereocenters. The normalized spacial score (nSPS) is 17.9. The van der Waals surface area contributed by atoms with Crippen molar-refractivity contribution in [2.75, 3.05) is 13.1 Å². The molecule has 20 heavy (non-hydrogen) atoms. The number of hydrogen-bond acceptors (Lipinski definition) is 1. The summed E-state index contributed by atoms with van der Waals surface area (Å²) in [5.41, 5.74) is 2.86. The van der Waals surface area contributed by atoms with Crippen LogP contribution in [0.15, 0.2) is 18.2 Å². The van der Waals surface area contributed by atoms with Gasteiger partial charge in [-0.2, -0.15) is 0 Å². The molecule has 2 aromatic rings. The van der Waals surface area contributed by atoms with Crippen molar-refractivity contribution in [3.8, 4) is 0 Å². The van der Waals surface area contributed by atoms with Crippen LogP contribution in [0.4, 0.5) is 0 Å². The Kier molecular flexibility index (Phi) is 3.05. The molecule has 4 heteroatoms. The van der Waals surface area contributed by atoms with Crippen LogP contribution in [0.1, 0.15) is 36.3 Å². The van der Waals surface area contributed by atoms with Crippen molar-refractivity contribution in [1.82, 2.24) is 9.88 Å². The SMILES string of the molecule is Cc1[nH]c2ccc(Cl)cc2c1C(=O)N1CCC(C)(C)C1. The highest BCUT2D eigenvalue weighted by atomic mass is 35.5. The monoisotopic (exact) mass is 290 g/mol. The standard InChI is InChI=1S/C16H19ClN2O/c1-10-14(12-8-11(17)4-5-13(12)18-10)15(20)19-7-6-16(2,3)9-19/h4-5,8,18H,6-7,9H2,1-3H3. The maximum Gasteiger partial charge on any atom is 0.256 e. The molecular formula is C16H19ClN2O. The van der Waals surface area contributed by atoms with E-state index in [1.807, 2.05) is 30.0 Å². The summed E-state index contributed by atoms with van der Waals surface area (Å²) >= 11 is 6.07. The lowest BCUT2D eigenvalue weighted by Gasteiger charge is -2.20. The summed E-state index contributed by atoms with van der Waals surface area (Å²) < 4.78 is 0. The number of amides is 1. The minimum atomic E-state index is 0.113. The molecule has 0 unspecified atom stereocenters. The van der Waals surface area contributed by atoms with Crippen molar-refractivity contribution in [1.29, 1.82) is 0 Å². The van der Waals surface area contributed by atoms with Crippen molar-refractivity contribution in [2.45, 2.75) is 27.2 Å². The molecule has 1 amide bonds. The van der Waals surface area contributed by atoms with Gasteiger partial charge in [-0.25, -0.2) is 0 Å². The number of hydrogen-bond donors (Lipinski definition) is 1. The van der Waals surface area contributed by atoms with Gasteiger partial charge in [-0.05, 0) is 37.0 Å². The van der Waals surface area contributed by atoms with Crippen LogP contribution in [0, 0.1) is 12.3 Å². The summed E-state index contributed by atoms with van der Waals surface area (Å²) in [6.07, 6.45) is 1.06. The maximum absolute atomic E-state index is 12.8. The number of aromatic amines is 1. The number of carbonyl (C=O) groups excluding carboxylic acids is 1. The van der Waals surface area contributed by atoms with Gasteiger partial charge in [0.1, 0.15) is 0 Å². The summed E-state index contributed by atoms with van der Waals surface area (Å²) in [4.78, 5) is 18.0. The van der Waals surface area contributed by atoms with Crippen molar-refractivity contribution < 1.29 is 4.79 Å². The number of likely N-dealkylation sites (tertiary alicyclic amines) is 1. The number of aryl methyl sites for hydroxylation is 1. The van der Waals surface area contributed by atoms with Crippen LogP contribution in [0.3, 0.4) is 0 Å². The first-order valence-corrected chi connectivity index (χ1v) is 7.32. The fourth-order valence-electron chi connectivity index (χ4n) is 3.02. The first-order valence-electron chi connectivity index (χ1n) is 6.94. The maximum atomic E-state index is 12.8. The molecule has 0 bridgehead atoms. The van der Waals surface area contributed by atoms with E-state index in [4.69, 9.17) is 11.6 Å². The number of benzene rings is 1. The van der Waals surface area contributed by atoms with Crippen molar-refractivity contribution in [2.24, 2.45) is 5.41 Å². The van der Waals surface area contributed by atoms with E-state index < -0.39 is 0 Å². The van der Waals surface area contributed by atoms with Gasteiger partial charge in [0.15, 0.2) is 0 Å². The molecule has 3 rings (SSSR count). The number of H-pyrrole nitrogens is 1. The summed E-state index contributed by atoms with van der Waals surface area (Å²) in [6, 6.07) is 5.64. The smallest absolute Gasteiger partial charge is 0.256 e. The number of nitrogens with one attached hydrogen (secondary N) is 1. The number of fused-ring (bicyclic) bond motifs is 1. The highest BCUT2D eigenvalue weighted by Gasteiger charge is 2.33. The van der Waals surface area contributed by atoms with E-state index in [1.165, 1.54) is 0 Å². The van der Waals surface area contributed by atoms with Crippen molar-refractivity contribution in [3.63, 3.8) is 0 Å². The largest absolute Gasteiger partial charge is 0.358 e. The van der Waals surface area contributed by atoms with Crippen LogP contribution in [0.5, 0.6) is 0 Å². The van der Waals surface area contributed by atoms with Gasteiger partial charge >= 0.3 is 0 Å². The van der Waals surface area contributed by atoms with Crippen LogP contribution in [0.2, 0.25) is 5.02 Å². The second-order valence-electron chi connectivity index (χ2n) is 6.46. The zero-order valence-corrected chi connectivity index (χ0v) is 12.8. The third-order valence-electron chi connectivity index (χ3n) is 4.13. The first-order chi connectivity index (χ1) is 9.37. The second kappa shape index (κ2) is 4.52. The van der Waals surface area contributed by atoms with Crippen LogP contribution in [-0.2, 0) is 0 Å². The third-order valence-corrected chi connectivity index (χ3v) is 4.36. The molecule has 1 aliphatic heterocycles. The molecule has 1 aromatic heterocycles. The average Bonchev–Trinajstić information content (AvgIpc) is 2.87. The lowest BCUT2D eigenvalue weighted by Crippen LogP contribution is -2.30. The Labute approximate surface area is 123 Å². The fourth-order valence-corrected chi connectivity index (χ4v) is 3.19. The fraction of sp³-hybridized carbons (Fsp3) is 0.438. The van der Waals surface area contributed by atoms with E-state index in [-0.39, 0.29) is 11.3 Å². The Morgan fingerprint density at radius 2 is 2.15 bits per heavy atom. The molecule has 106 valence electrons. The van der Waals surface area contributed by atoms with Crippen molar-refractivity contribution in [3.05, 3.63) is 34.5 Å². The minimum Gasteiger partial charge on any atom is -0.358 e. The molecule has 1 aliphatic rings. The molecule has 0 radical (unpaired) electrons. The Balaban J connectivity index is 2.03. The number of aromatic nitrogens is 1. The minimum absolute atomic E-state index is 0.113. The highest BCUT2D eigenvalue weighted by Crippen LogP contribution is 2.32. The lowest BCUT2D eigenvalue weighted by molar-refractivity contribution is 0.0779. The lowest BCUT2D eigenvalue weighted by atomic mass is 9.93. The van der Waals surface area contributed by atoms with Crippen molar-refractivity contribution >= 4 is 28.4 Å². The van der Waals surface area contributed by atoms with E-state index in [0.29, 0.717) is 5.02 Å². The van der Waals surface area contributed by atoms with Gasteiger partial charge in [-0.1, -0.05) is 25.4 Å². The third kappa shape index (κ3) is 2.20. The summed E-state index contributed by atoms with van der Waals surface area (Å²) in [7, 11) is 0. The van der Waals surface area contributed by atoms with E-state index >= 15 is 0 Å². The molecule has 0 spiro atoms. The summed E-state index contributed by atoms with van der Waals surface area (Å²) in [5.74, 6) is 0.113. The van der Waals surface area contributed by atoms with Gasteiger partial charge in [0.2, 0.25) is 0 Å². The van der Waals surface area contributed by atoms with Crippen LogP contribution in [0.25, 0.3) is 10.9 Å². The Hall–Kier alpha value is -1.48. The molecule has 1 saturated heterocycles. The molecule has 1 N–H and O–H groups in total. The second-order valence-corrected chi connectivity index (χ2v) is 6.89. The molecule has 1 fully saturated rings. The van der Waals surface area contributed by atoms with Crippen LogP contribution >= 0.6 is 11.6 Å². The zero-order chi connectivity index (χ0) is 14.5. The van der Waals surface area contributed by atoms with Gasteiger partial charge in [0.25, 0.3) is 5.91 Å². The molecule has 3 nitrogen and oxygen atoms in total. The van der Waals surface area contributed by atoms with Gasteiger partial charge in [0, 0.05) is 34.7 Å². The Morgan fingerprint density at radius 3 is 2.80 bits per heavy atom. The van der Waals surface area contributed by atoms with Gasteiger partial charge < -0.3 is 9.88 Å².